The molecular weight excluding hydrogens is 389 g/mol. The maximum absolute atomic E-state index is 12.7. The number of hydrogen-bond donors (Lipinski definition) is 2. The fourth-order valence-electron chi connectivity index (χ4n) is 2.94. The standard InChI is InChI=1S/C20H15F3N2O2S/c21-20(22,23)11-24-14-6-2-3-7-15(14)25-19(26)17-9-12-10-27-16-8-4-1-5-13(16)18(12)28-17/h1-9,24H,10-11H2,(H,25,26). The summed E-state index contributed by atoms with van der Waals surface area (Å²) < 4.78 is 43.2. The fourth-order valence-corrected chi connectivity index (χ4v) is 4.03. The number of carbonyl (C=O) groups excluding carboxylic acids is 1. The lowest BCUT2D eigenvalue weighted by Crippen LogP contribution is -2.22. The molecule has 3 aromatic rings. The Morgan fingerprint density at radius 3 is 2.57 bits per heavy atom. The highest BCUT2D eigenvalue weighted by atomic mass is 32.1. The molecule has 2 N–H and O–H groups in total. The van der Waals surface area contributed by atoms with Crippen molar-refractivity contribution in [2.45, 2.75) is 12.8 Å². The molecule has 2 heterocycles. The van der Waals surface area contributed by atoms with Gasteiger partial charge in [0.2, 0.25) is 0 Å². The number of halogens is 3. The number of amides is 1. The number of nitrogens with one attached hydrogen (secondary N) is 2. The normalized spacial score (nSPS) is 12.5. The van der Waals surface area contributed by atoms with E-state index in [-0.39, 0.29) is 11.6 Å². The van der Waals surface area contributed by atoms with Crippen LogP contribution in [0.4, 0.5) is 24.5 Å². The van der Waals surface area contributed by atoms with Gasteiger partial charge in [-0.1, -0.05) is 24.3 Å². The van der Waals surface area contributed by atoms with Gasteiger partial charge in [0, 0.05) is 16.0 Å². The van der Waals surface area contributed by atoms with Gasteiger partial charge in [-0.15, -0.1) is 11.3 Å². The van der Waals surface area contributed by atoms with E-state index in [1.54, 1.807) is 24.3 Å². The molecule has 28 heavy (non-hydrogen) atoms. The van der Waals surface area contributed by atoms with Gasteiger partial charge < -0.3 is 15.4 Å². The minimum absolute atomic E-state index is 0.211. The third-order valence-corrected chi connectivity index (χ3v) is 5.41. The maximum atomic E-state index is 12.7. The lowest BCUT2D eigenvalue weighted by Gasteiger charge is -2.16. The van der Waals surface area contributed by atoms with Crippen LogP contribution in [0.25, 0.3) is 10.4 Å². The molecule has 0 spiro atoms. The monoisotopic (exact) mass is 404 g/mol. The van der Waals surface area contributed by atoms with E-state index < -0.39 is 12.7 Å². The Balaban J connectivity index is 1.56. The molecule has 0 unspecified atom stereocenters. The molecule has 0 aliphatic carbocycles. The second-order valence-corrected chi connectivity index (χ2v) is 7.27. The van der Waals surface area contributed by atoms with Crippen LogP contribution < -0.4 is 15.4 Å². The van der Waals surface area contributed by atoms with Gasteiger partial charge in [-0.2, -0.15) is 13.2 Å². The van der Waals surface area contributed by atoms with Gasteiger partial charge in [0.1, 0.15) is 18.9 Å². The van der Waals surface area contributed by atoms with E-state index in [2.05, 4.69) is 10.6 Å². The predicted octanol–water partition coefficient (Wildman–Crippen LogP) is 5.53. The maximum Gasteiger partial charge on any atom is 0.405 e. The van der Waals surface area contributed by atoms with Crippen LogP contribution in [0.2, 0.25) is 0 Å². The summed E-state index contributed by atoms with van der Waals surface area (Å²) in [6.45, 7) is -0.804. The Morgan fingerprint density at radius 1 is 1.07 bits per heavy atom. The molecule has 0 radical (unpaired) electrons. The fraction of sp³-hybridized carbons (Fsp3) is 0.150. The van der Waals surface area contributed by atoms with Crippen molar-refractivity contribution < 1.29 is 22.7 Å². The van der Waals surface area contributed by atoms with E-state index in [1.165, 1.54) is 17.4 Å². The smallest absolute Gasteiger partial charge is 0.405 e. The van der Waals surface area contributed by atoms with Crippen LogP contribution in [-0.4, -0.2) is 18.6 Å². The number of benzene rings is 2. The van der Waals surface area contributed by atoms with Crippen molar-refractivity contribution in [1.29, 1.82) is 0 Å². The van der Waals surface area contributed by atoms with E-state index in [0.717, 1.165) is 21.8 Å². The van der Waals surface area contributed by atoms with Crippen LogP contribution in [0.1, 0.15) is 15.2 Å². The van der Waals surface area contributed by atoms with Crippen molar-refractivity contribution in [2.75, 3.05) is 17.2 Å². The minimum atomic E-state index is -4.35. The third kappa shape index (κ3) is 3.82. The first-order chi connectivity index (χ1) is 13.4. The SMILES string of the molecule is O=C(Nc1ccccc1NCC(F)(F)F)c1cc2c(s1)-c1ccccc1OC2. The lowest BCUT2D eigenvalue weighted by molar-refractivity contribution is -0.115. The van der Waals surface area contributed by atoms with E-state index in [0.29, 0.717) is 17.2 Å². The average molecular weight is 404 g/mol. The number of alkyl halides is 3. The number of ether oxygens (including phenoxy) is 1. The summed E-state index contributed by atoms with van der Waals surface area (Å²) in [4.78, 5) is 14.1. The second-order valence-electron chi connectivity index (χ2n) is 6.22. The van der Waals surface area contributed by atoms with Gasteiger partial charge in [-0.3, -0.25) is 4.79 Å². The first-order valence-electron chi connectivity index (χ1n) is 8.46. The molecule has 0 saturated carbocycles. The molecule has 4 rings (SSSR count). The van der Waals surface area contributed by atoms with Crippen LogP contribution in [0.5, 0.6) is 5.75 Å². The van der Waals surface area contributed by atoms with E-state index >= 15 is 0 Å². The summed E-state index contributed by atoms with van der Waals surface area (Å²) in [7, 11) is 0. The number of anilines is 2. The Labute approximate surface area is 163 Å². The predicted molar refractivity (Wildman–Crippen MR) is 103 cm³/mol. The van der Waals surface area contributed by atoms with Gasteiger partial charge in [0.15, 0.2) is 0 Å². The number of fused-ring (bicyclic) bond motifs is 3. The summed E-state index contributed by atoms with van der Waals surface area (Å²) in [6.07, 6.45) is -4.35. The molecule has 1 aliphatic heterocycles. The van der Waals surface area contributed by atoms with Crippen molar-refractivity contribution in [3.63, 3.8) is 0 Å². The summed E-state index contributed by atoms with van der Waals surface area (Å²) in [5, 5.41) is 5.01. The summed E-state index contributed by atoms with van der Waals surface area (Å²) >= 11 is 1.34. The molecule has 0 fully saturated rings. The lowest BCUT2D eigenvalue weighted by atomic mass is 10.1. The van der Waals surface area contributed by atoms with Crippen molar-refractivity contribution in [1.82, 2.24) is 0 Å². The largest absolute Gasteiger partial charge is 0.488 e. The Morgan fingerprint density at radius 2 is 1.79 bits per heavy atom. The quantitative estimate of drug-likeness (QED) is 0.601. The molecule has 1 amide bonds. The Kier molecular flexibility index (Phi) is 4.72. The highest BCUT2D eigenvalue weighted by molar-refractivity contribution is 7.17. The highest BCUT2D eigenvalue weighted by Gasteiger charge is 2.27. The van der Waals surface area contributed by atoms with Crippen LogP contribution in [0.15, 0.2) is 54.6 Å². The summed E-state index contributed by atoms with van der Waals surface area (Å²) in [5.74, 6) is 0.392. The van der Waals surface area contributed by atoms with Crippen LogP contribution in [0, 0.1) is 0 Å². The van der Waals surface area contributed by atoms with E-state index in [9.17, 15) is 18.0 Å². The molecule has 4 nitrogen and oxygen atoms in total. The van der Waals surface area contributed by atoms with Crippen molar-refractivity contribution in [3.8, 4) is 16.2 Å². The van der Waals surface area contributed by atoms with Gasteiger partial charge >= 0.3 is 6.18 Å². The van der Waals surface area contributed by atoms with Crippen LogP contribution >= 0.6 is 11.3 Å². The first-order valence-corrected chi connectivity index (χ1v) is 9.28. The zero-order valence-electron chi connectivity index (χ0n) is 14.5. The molecule has 1 aliphatic rings. The van der Waals surface area contributed by atoms with Gasteiger partial charge in [-0.05, 0) is 30.3 Å². The van der Waals surface area contributed by atoms with Crippen LogP contribution in [0.3, 0.4) is 0 Å². The second kappa shape index (κ2) is 7.20. The number of hydrogen-bond acceptors (Lipinski definition) is 4. The van der Waals surface area contributed by atoms with Crippen molar-refractivity contribution >= 4 is 28.6 Å². The molecule has 0 saturated heterocycles. The van der Waals surface area contributed by atoms with Crippen LogP contribution in [-0.2, 0) is 6.61 Å². The molecular formula is C20H15F3N2O2S. The van der Waals surface area contributed by atoms with Gasteiger partial charge in [-0.25, -0.2) is 0 Å². The number of para-hydroxylation sites is 3. The number of carbonyl (C=O) groups is 1. The first kappa shape index (κ1) is 18.4. The Bertz CT molecular complexity index is 1030. The van der Waals surface area contributed by atoms with Gasteiger partial charge in [0.05, 0.1) is 16.3 Å². The molecule has 144 valence electrons. The minimum Gasteiger partial charge on any atom is -0.488 e. The van der Waals surface area contributed by atoms with E-state index in [1.807, 2.05) is 24.3 Å². The number of rotatable bonds is 4. The molecule has 0 bridgehead atoms. The summed E-state index contributed by atoms with van der Waals surface area (Å²) in [6, 6.07) is 15.7. The van der Waals surface area contributed by atoms with E-state index in [4.69, 9.17) is 4.74 Å². The number of thiophene rings is 1. The summed E-state index contributed by atoms with van der Waals surface area (Å²) in [5.41, 5.74) is 2.35. The topological polar surface area (TPSA) is 50.4 Å². The zero-order chi connectivity index (χ0) is 19.7. The third-order valence-electron chi connectivity index (χ3n) is 4.20. The molecule has 0 atom stereocenters. The highest BCUT2D eigenvalue weighted by Crippen LogP contribution is 2.42. The van der Waals surface area contributed by atoms with Crippen molar-refractivity contribution in [2.24, 2.45) is 0 Å². The molecule has 8 heteroatoms. The Hall–Kier alpha value is -3.00. The van der Waals surface area contributed by atoms with Crippen molar-refractivity contribution in [3.05, 3.63) is 65.0 Å². The molecule has 1 aromatic heterocycles. The zero-order valence-corrected chi connectivity index (χ0v) is 15.3. The molecule has 2 aromatic carbocycles. The average Bonchev–Trinajstić information content (AvgIpc) is 3.12. The van der Waals surface area contributed by atoms with Gasteiger partial charge in [0.25, 0.3) is 5.91 Å².